The summed E-state index contributed by atoms with van der Waals surface area (Å²) in [4.78, 5) is 36.5. The second-order valence-electron chi connectivity index (χ2n) is 15.6. The molecule has 336 valence electrons. The molecule has 4 N–H and O–H groups in total. The highest BCUT2D eigenvalue weighted by Gasteiger charge is 2.40. The minimum absolute atomic E-state index is 0.00713. The van der Waals surface area contributed by atoms with E-state index >= 15 is 4.79 Å². The minimum atomic E-state index is -4.81. The summed E-state index contributed by atoms with van der Waals surface area (Å²) >= 11 is 7.63. The smallest absolute Gasteiger partial charge is 0.377 e. The van der Waals surface area contributed by atoms with E-state index in [1.165, 1.54) is 19.1 Å². The lowest BCUT2D eigenvalue weighted by Crippen LogP contribution is -2.45. The first-order valence-corrected chi connectivity index (χ1v) is 21.5. The van der Waals surface area contributed by atoms with Gasteiger partial charge in [-0.05, 0) is 87.7 Å². The average molecular weight is 922 g/mol. The third-order valence-corrected chi connectivity index (χ3v) is 11.4. The van der Waals surface area contributed by atoms with Crippen molar-refractivity contribution in [2.45, 2.75) is 82.8 Å². The van der Waals surface area contributed by atoms with Gasteiger partial charge in [0.2, 0.25) is 5.91 Å². The molecule has 7 rings (SSSR count). The number of amidine groups is 1. The number of nitrogens with one attached hydrogen (secondary N) is 4. The van der Waals surface area contributed by atoms with Gasteiger partial charge in [0.25, 0.3) is 12.0 Å². The highest BCUT2D eigenvalue weighted by Crippen LogP contribution is 2.43. The molecule has 1 aliphatic heterocycles. The number of benzene rings is 3. The van der Waals surface area contributed by atoms with E-state index in [-0.39, 0.29) is 73.9 Å². The first-order valence-electron chi connectivity index (χ1n) is 19.9. The quantitative estimate of drug-likeness (QED) is 0.0373. The molecular formula is C42H43ClF7N9O3S. The fraction of sp³-hybridized carbons (Fsp3) is 0.405. The summed E-state index contributed by atoms with van der Waals surface area (Å²) in [6, 6.07) is 8.28. The minimum Gasteiger partial charge on any atom is -0.377 e. The molecule has 21 heteroatoms. The number of fused-ring (bicyclic) bond motifs is 1. The Balaban J connectivity index is 1.47. The van der Waals surface area contributed by atoms with Gasteiger partial charge < -0.3 is 25.0 Å². The van der Waals surface area contributed by atoms with Gasteiger partial charge >= 0.3 is 6.18 Å². The molecule has 63 heavy (non-hydrogen) atoms. The second kappa shape index (κ2) is 18.4. The number of hydrogen-bond donors (Lipinski definition) is 4. The maximum Gasteiger partial charge on any atom is 0.435 e. The largest absolute Gasteiger partial charge is 0.435 e. The van der Waals surface area contributed by atoms with Crippen LogP contribution in [0.4, 0.5) is 42.1 Å². The number of carbonyl (C=O) groups excluding carboxylic acids is 1. The van der Waals surface area contributed by atoms with Crippen LogP contribution in [-0.4, -0.2) is 75.6 Å². The first-order chi connectivity index (χ1) is 29.8. The lowest BCUT2D eigenvalue weighted by Gasteiger charge is -2.37. The SMILES string of the molecule is CSNC(=N)c1c(Cl)ccc(-n2c(C(Cc3cc(F)cc(F)c3)NC(=O)C(C)n3nc(C(F)(F)F)cc3C3CC3)nc3cc(N4CC(C)OC(C)C4)ccc3c2=O)c1NCC(F)F. The Morgan fingerprint density at radius 2 is 1.71 bits per heavy atom. The summed E-state index contributed by atoms with van der Waals surface area (Å²) in [6.45, 7) is 5.21. The van der Waals surface area contributed by atoms with Crippen molar-refractivity contribution in [3.8, 4) is 5.69 Å². The molecule has 0 spiro atoms. The lowest BCUT2D eigenvalue weighted by atomic mass is 10.0. The summed E-state index contributed by atoms with van der Waals surface area (Å²) in [5, 5.41) is 17.9. The van der Waals surface area contributed by atoms with Gasteiger partial charge in [0.05, 0.1) is 57.7 Å². The van der Waals surface area contributed by atoms with Gasteiger partial charge in [0, 0.05) is 49.1 Å². The molecule has 0 bridgehead atoms. The number of nitrogens with zero attached hydrogens (tertiary/aromatic N) is 5. The summed E-state index contributed by atoms with van der Waals surface area (Å²) in [5.41, 5.74) is -1.40. The molecule has 2 aromatic heterocycles. The standard InChI is InChI=1S/C42H43ClF7N9O3S/c1-20-18-57(19-21(2)62-20)27-7-8-28-30(15-27)53-39(58(41(28)61)32-10-9-29(43)36(38(51)56-63-4)37(32)52-17-35(46)47)31(13-23-11-25(44)14-26(45)12-23)54-40(60)22(3)59-33(24-5-6-24)16-34(55-59)42(48,49)50/h7-12,14-16,20-22,24,31,35,52H,5-6,13,17-19H2,1-4H3,(H2,51,56)(H,54,60). The van der Waals surface area contributed by atoms with Crippen molar-refractivity contribution in [3.63, 3.8) is 0 Å². The number of anilines is 2. The predicted molar refractivity (Wildman–Crippen MR) is 227 cm³/mol. The van der Waals surface area contributed by atoms with Crippen LogP contribution in [-0.2, 0) is 22.1 Å². The molecule has 12 nitrogen and oxygen atoms in total. The van der Waals surface area contributed by atoms with Crippen LogP contribution in [0.5, 0.6) is 0 Å². The molecule has 3 aromatic carbocycles. The lowest BCUT2D eigenvalue weighted by molar-refractivity contribution is -0.142. The fourth-order valence-electron chi connectivity index (χ4n) is 7.87. The van der Waals surface area contributed by atoms with Gasteiger partial charge in [-0.2, -0.15) is 18.3 Å². The molecule has 1 saturated heterocycles. The Labute approximate surface area is 366 Å². The molecule has 2 aliphatic rings. The van der Waals surface area contributed by atoms with Gasteiger partial charge in [0.15, 0.2) is 5.69 Å². The molecule has 4 atom stereocenters. The zero-order valence-corrected chi connectivity index (χ0v) is 35.9. The van der Waals surface area contributed by atoms with E-state index in [4.69, 9.17) is 26.7 Å². The van der Waals surface area contributed by atoms with Crippen LogP contribution >= 0.6 is 23.5 Å². The number of hydrogen-bond acceptors (Lipinski definition) is 9. The monoisotopic (exact) mass is 921 g/mol. The van der Waals surface area contributed by atoms with Gasteiger partial charge in [-0.15, -0.1) is 0 Å². The molecule has 5 aromatic rings. The van der Waals surface area contributed by atoms with Gasteiger partial charge in [-0.25, -0.2) is 22.5 Å². The molecule has 1 amide bonds. The van der Waals surface area contributed by atoms with Crippen LogP contribution in [0.1, 0.15) is 80.0 Å². The summed E-state index contributed by atoms with van der Waals surface area (Å²) in [7, 11) is 0. The van der Waals surface area contributed by atoms with Crippen molar-refractivity contribution in [3.05, 3.63) is 110 Å². The van der Waals surface area contributed by atoms with Crippen LogP contribution in [0, 0.1) is 17.0 Å². The number of rotatable bonds is 14. The number of ether oxygens (including phenoxy) is 1. The zero-order chi connectivity index (χ0) is 45.5. The van der Waals surface area contributed by atoms with E-state index in [1.54, 1.807) is 24.5 Å². The number of morpholine rings is 1. The first kappa shape index (κ1) is 45.7. The number of carbonyl (C=O) groups is 1. The number of aromatic nitrogens is 4. The van der Waals surface area contributed by atoms with Crippen molar-refractivity contribution >= 4 is 57.6 Å². The van der Waals surface area contributed by atoms with E-state index in [0.717, 1.165) is 39.4 Å². The van der Waals surface area contributed by atoms with Gasteiger partial charge in [-0.3, -0.25) is 24.2 Å². The maximum atomic E-state index is 15.1. The average Bonchev–Trinajstić information content (AvgIpc) is 3.95. The van der Waals surface area contributed by atoms with Crippen molar-refractivity contribution in [1.29, 1.82) is 5.41 Å². The number of amides is 1. The molecule has 2 fully saturated rings. The number of alkyl halides is 5. The highest BCUT2D eigenvalue weighted by molar-refractivity contribution is 7.97. The Bertz CT molecular complexity index is 2570. The zero-order valence-electron chi connectivity index (χ0n) is 34.3. The van der Waals surface area contributed by atoms with E-state index in [2.05, 4.69) is 20.5 Å². The molecule has 4 unspecified atom stereocenters. The Kier molecular flexibility index (Phi) is 13.3. The fourth-order valence-corrected chi connectivity index (χ4v) is 8.43. The van der Waals surface area contributed by atoms with Gasteiger partial charge in [-0.1, -0.05) is 23.5 Å². The van der Waals surface area contributed by atoms with Crippen molar-refractivity contribution < 1.29 is 40.3 Å². The molecule has 1 aliphatic carbocycles. The van der Waals surface area contributed by atoms with E-state index < -0.39 is 66.4 Å². The third-order valence-electron chi connectivity index (χ3n) is 10.7. The van der Waals surface area contributed by atoms with Crippen molar-refractivity contribution in [2.24, 2.45) is 0 Å². The Morgan fingerprint density at radius 3 is 2.33 bits per heavy atom. The van der Waals surface area contributed by atoms with Crippen LogP contribution < -0.4 is 25.8 Å². The molecule has 1 saturated carbocycles. The van der Waals surface area contributed by atoms with Crippen LogP contribution in [0.15, 0.2) is 59.4 Å². The third kappa shape index (κ3) is 10.1. The summed E-state index contributed by atoms with van der Waals surface area (Å²) < 4.78 is 110. The molecule has 3 heterocycles. The van der Waals surface area contributed by atoms with E-state index in [9.17, 15) is 35.5 Å². The highest BCUT2D eigenvalue weighted by atomic mass is 35.5. The van der Waals surface area contributed by atoms with Crippen LogP contribution in [0.3, 0.4) is 0 Å². The van der Waals surface area contributed by atoms with Gasteiger partial charge in [0.1, 0.15) is 29.3 Å². The second-order valence-corrected chi connectivity index (χ2v) is 16.7. The van der Waals surface area contributed by atoms with Crippen LogP contribution in [0.2, 0.25) is 5.02 Å². The Hall–Kier alpha value is -5.34. The Morgan fingerprint density at radius 1 is 1.03 bits per heavy atom. The van der Waals surface area contributed by atoms with E-state index in [1.807, 2.05) is 18.7 Å². The van der Waals surface area contributed by atoms with E-state index in [0.29, 0.717) is 37.7 Å². The molecule has 0 radical (unpaired) electrons. The maximum absolute atomic E-state index is 15.1. The summed E-state index contributed by atoms with van der Waals surface area (Å²) in [5.74, 6) is -3.65. The summed E-state index contributed by atoms with van der Waals surface area (Å²) in [6.07, 6.45) is -5.68. The van der Waals surface area contributed by atoms with Crippen molar-refractivity contribution in [2.75, 3.05) is 36.1 Å². The van der Waals surface area contributed by atoms with Crippen LogP contribution in [0.25, 0.3) is 16.6 Å². The van der Waals surface area contributed by atoms with Crippen molar-refractivity contribution in [1.82, 2.24) is 29.4 Å². The molecular weight excluding hydrogens is 879 g/mol. The predicted octanol–water partition coefficient (Wildman–Crippen LogP) is 8.55. The normalized spacial score (nSPS) is 17.8. The number of halogens is 8. The topological polar surface area (TPSA) is 142 Å².